The average Bonchev–Trinajstić information content (AvgIpc) is 2.46. The zero-order valence-corrected chi connectivity index (χ0v) is 11.6. The molecule has 1 N–H and O–H groups in total. The summed E-state index contributed by atoms with van der Waals surface area (Å²) < 4.78 is 47.7. The van der Waals surface area contributed by atoms with Gasteiger partial charge in [0.1, 0.15) is 0 Å². The quantitative estimate of drug-likeness (QED) is 0.491. The van der Waals surface area contributed by atoms with Crippen LogP contribution < -0.4 is 5.32 Å². The van der Waals surface area contributed by atoms with Crippen molar-refractivity contribution < 1.29 is 32.4 Å². The predicted octanol–water partition coefficient (Wildman–Crippen LogP) is 1.96. The lowest BCUT2D eigenvalue weighted by atomic mass is 10.1. The highest BCUT2D eigenvalue weighted by atomic mass is 19.4. The summed E-state index contributed by atoms with van der Waals surface area (Å²) in [7, 11) is 2.63. The SMILES string of the molecule is COC(CNC(=O)c1cc([N+](=O)[O-])cc(C(F)(F)F)c1)OC. The molecule has 0 radical (unpaired) electrons. The third kappa shape index (κ3) is 4.67. The van der Waals surface area contributed by atoms with E-state index in [0.717, 1.165) is 6.07 Å². The Morgan fingerprint density at radius 1 is 1.32 bits per heavy atom. The molecule has 0 heterocycles. The predicted molar refractivity (Wildman–Crippen MR) is 68.2 cm³/mol. The second-order valence-electron chi connectivity index (χ2n) is 4.13. The van der Waals surface area contributed by atoms with Crippen molar-refractivity contribution in [3.8, 4) is 0 Å². The Kier molecular flexibility index (Phi) is 5.83. The van der Waals surface area contributed by atoms with Crippen LogP contribution in [0.4, 0.5) is 18.9 Å². The van der Waals surface area contributed by atoms with E-state index in [1.807, 2.05) is 0 Å². The van der Waals surface area contributed by atoms with Crippen LogP contribution in [0.5, 0.6) is 0 Å². The largest absolute Gasteiger partial charge is 0.416 e. The van der Waals surface area contributed by atoms with Crippen molar-refractivity contribution in [1.82, 2.24) is 5.32 Å². The first-order chi connectivity index (χ1) is 10.2. The van der Waals surface area contributed by atoms with E-state index in [1.54, 1.807) is 0 Å². The van der Waals surface area contributed by atoms with Gasteiger partial charge in [0.15, 0.2) is 6.29 Å². The average molecular weight is 322 g/mol. The van der Waals surface area contributed by atoms with Crippen LogP contribution in [0.2, 0.25) is 0 Å². The zero-order chi connectivity index (χ0) is 16.9. The Morgan fingerprint density at radius 2 is 1.91 bits per heavy atom. The number of nitrogens with zero attached hydrogens (tertiary/aromatic N) is 1. The number of methoxy groups -OCH3 is 2. The highest BCUT2D eigenvalue weighted by Crippen LogP contribution is 2.32. The maximum absolute atomic E-state index is 12.7. The van der Waals surface area contributed by atoms with Crippen LogP contribution in [0.25, 0.3) is 0 Å². The molecule has 122 valence electrons. The van der Waals surface area contributed by atoms with Gasteiger partial charge in [0, 0.05) is 31.9 Å². The summed E-state index contributed by atoms with van der Waals surface area (Å²) in [4.78, 5) is 21.5. The van der Waals surface area contributed by atoms with Gasteiger partial charge < -0.3 is 14.8 Å². The maximum atomic E-state index is 12.7. The van der Waals surface area contributed by atoms with Crippen LogP contribution >= 0.6 is 0 Å². The van der Waals surface area contributed by atoms with Gasteiger partial charge in [-0.1, -0.05) is 0 Å². The van der Waals surface area contributed by atoms with Crippen molar-refractivity contribution in [2.24, 2.45) is 0 Å². The van der Waals surface area contributed by atoms with E-state index in [4.69, 9.17) is 9.47 Å². The molecule has 10 heteroatoms. The van der Waals surface area contributed by atoms with E-state index in [0.29, 0.717) is 12.1 Å². The number of nitro benzene ring substituents is 1. The number of benzene rings is 1. The van der Waals surface area contributed by atoms with E-state index < -0.39 is 40.1 Å². The molecule has 0 unspecified atom stereocenters. The second-order valence-corrected chi connectivity index (χ2v) is 4.13. The number of rotatable bonds is 6. The molecule has 0 aliphatic carbocycles. The normalized spacial score (nSPS) is 11.5. The highest BCUT2D eigenvalue weighted by Gasteiger charge is 2.33. The topological polar surface area (TPSA) is 90.7 Å². The van der Waals surface area contributed by atoms with Crippen molar-refractivity contribution in [1.29, 1.82) is 0 Å². The number of hydrogen-bond donors (Lipinski definition) is 1. The summed E-state index contributed by atoms with van der Waals surface area (Å²) in [5.74, 6) is -0.909. The molecule has 0 saturated carbocycles. The van der Waals surface area contributed by atoms with Crippen molar-refractivity contribution in [3.05, 3.63) is 39.4 Å². The van der Waals surface area contributed by atoms with Crippen LogP contribution in [0.3, 0.4) is 0 Å². The summed E-state index contributed by atoms with van der Waals surface area (Å²) in [5, 5.41) is 12.9. The first kappa shape index (κ1) is 17.9. The van der Waals surface area contributed by atoms with Gasteiger partial charge in [-0.15, -0.1) is 0 Å². The van der Waals surface area contributed by atoms with Gasteiger partial charge in [-0.3, -0.25) is 14.9 Å². The number of nitro groups is 1. The van der Waals surface area contributed by atoms with Crippen molar-refractivity contribution >= 4 is 11.6 Å². The Balaban J connectivity index is 3.05. The number of ether oxygens (including phenoxy) is 2. The molecule has 0 aliphatic rings. The fourth-order valence-corrected chi connectivity index (χ4v) is 1.55. The minimum Gasteiger partial charge on any atom is -0.354 e. The molecule has 0 aliphatic heterocycles. The van der Waals surface area contributed by atoms with Gasteiger partial charge in [0.2, 0.25) is 0 Å². The molecule has 22 heavy (non-hydrogen) atoms. The third-order valence-electron chi connectivity index (χ3n) is 2.67. The lowest BCUT2D eigenvalue weighted by molar-refractivity contribution is -0.385. The molecular weight excluding hydrogens is 309 g/mol. The summed E-state index contributed by atoms with van der Waals surface area (Å²) in [6.07, 6.45) is -5.59. The molecule has 0 aromatic heterocycles. The number of carbonyl (C=O) groups excluding carboxylic acids is 1. The molecule has 7 nitrogen and oxygen atoms in total. The smallest absolute Gasteiger partial charge is 0.354 e. The first-order valence-corrected chi connectivity index (χ1v) is 5.89. The molecule has 0 atom stereocenters. The maximum Gasteiger partial charge on any atom is 0.416 e. The number of halogens is 3. The van der Waals surface area contributed by atoms with E-state index in [1.165, 1.54) is 14.2 Å². The number of nitrogens with one attached hydrogen (secondary N) is 1. The minimum absolute atomic E-state index is 0.129. The Morgan fingerprint density at radius 3 is 2.36 bits per heavy atom. The number of amides is 1. The minimum atomic E-state index is -4.80. The standard InChI is InChI=1S/C12H13F3N2O5/c1-21-10(22-2)6-16-11(18)7-3-8(12(13,14)15)5-9(4-7)17(19)20/h3-5,10H,6H2,1-2H3,(H,16,18). The fourth-order valence-electron chi connectivity index (χ4n) is 1.55. The van der Waals surface area contributed by atoms with Crippen LogP contribution in [0, 0.1) is 10.1 Å². The van der Waals surface area contributed by atoms with Crippen LogP contribution in [-0.2, 0) is 15.7 Å². The molecule has 1 amide bonds. The zero-order valence-electron chi connectivity index (χ0n) is 11.6. The Labute approximate surface area is 123 Å². The Hall–Kier alpha value is -2.20. The third-order valence-corrected chi connectivity index (χ3v) is 2.67. The highest BCUT2D eigenvalue weighted by molar-refractivity contribution is 5.95. The summed E-state index contributed by atoms with van der Waals surface area (Å²) in [5.41, 5.74) is -2.58. The molecule has 0 bridgehead atoms. The van der Waals surface area contributed by atoms with Crippen molar-refractivity contribution in [2.45, 2.75) is 12.5 Å². The molecule has 1 aromatic carbocycles. The van der Waals surface area contributed by atoms with Crippen LogP contribution in [-0.4, -0.2) is 37.9 Å². The van der Waals surface area contributed by atoms with Gasteiger partial charge >= 0.3 is 6.18 Å². The van der Waals surface area contributed by atoms with Gasteiger partial charge in [-0.05, 0) is 6.07 Å². The number of carbonyl (C=O) groups is 1. The van der Waals surface area contributed by atoms with Gasteiger partial charge in [-0.2, -0.15) is 13.2 Å². The Bertz CT molecular complexity index is 558. The number of hydrogen-bond acceptors (Lipinski definition) is 5. The summed E-state index contributed by atoms with van der Waals surface area (Å²) in [6, 6.07) is 1.67. The van der Waals surface area contributed by atoms with Gasteiger partial charge in [0.05, 0.1) is 17.0 Å². The van der Waals surface area contributed by atoms with Crippen LogP contribution in [0.1, 0.15) is 15.9 Å². The monoisotopic (exact) mass is 322 g/mol. The molecule has 1 rings (SSSR count). The number of alkyl halides is 3. The molecule has 0 fully saturated rings. The van der Waals surface area contributed by atoms with E-state index in [9.17, 15) is 28.1 Å². The van der Waals surface area contributed by atoms with Crippen molar-refractivity contribution in [2.75, 3.05) is 20.8 Å². The first-order valence-electron chi connectivity index (χ1n) is 5.89. The lowest BCUT2D eigenvalue weighted by Crippen LogP contribution is -2.34. The lowest BCUT2D eigenvalue weighted by Gasteiger charge is -2.14. The molecule has 0 saturated heterocycles. The van der Waals surface area contributed by atoms with Crippen LogP contribution in [0.15, 0.2) is 18.2 Å². The summed E-state index contributed by atoms with van der Waals surface area (Å²) >= 11 is 0. The molecule has 1 aromatic rings. The fraction of sp³-hybridized carbons (Fsp3) is 0.417. The van der Waals surface area contributed by atoms with Gasteiger partial charge in [-0.25, -0.2) is 0 Å². The van der Waals surface area contributed by atoms with Crippen molar-refractivity contribution in [3.63, 3.8) is 0 Å². The second kappa shape index (κ2) is 7.18. The molecular formula is C12H13F3N2O5. The molecule has 0 spiro atoms. The number of non-ortho nitro benzene ring substituents is 1. The van der Waals surface area contributed by atoms with Gasteiger partial charge in [0.25, 0.3) is 11.6 Å². The van der Waals surface area contributed by atoms with E-state index >= 15 is 0 Å². The summed E-state index contributed by atoms with van der Waals surface area (Å²) in [6.45, 7) is -0.129. The van der Waals surface area contributed by atoms with E-state index in [2.05, 4.69) is 5.32 Å². The van der Waals surface area contributed by atoms with E-state index in [-0.39, 0.29) is 6.54 Å².